The van der Waals surface area contributed by atoms with Crippen molar-refractivity contribution in [3.63, 3.8) is 0 Å². The van der Waals surface area contributed by atoms with Crippen LogP contribution in [0.1, 0.15) is 6.92 Å². The van der Waals surface area contributed by atoms with E-state index in [1.165, 1.54) is 0 Å². The third-order valence-corrected chi connectivity index (χ3v) is 2.15. The molecule has 0 saturated heterocycles. The Kier molecular flexibility index (Phi) is 1.51. The van der Waals surface area contributed by atoms with Crippen LogP contribution in [0.2, 0.25) is 0 Å². The quantitative estimate of drug-likeness (QED) is 0.516. The van der Waals surface area contributed by atoms with Crippen molar-refractivity contribution in [3.05, 3.63) is 23.8 Å². The van der Waals surface area contributed by atoms with Crippen molar-refractivity contribution in [2.45, 2.75) is 13.0 Å². The second-order valence-corrected chi connectivity index (χ2v) is 3.05. The van der Waals surface area contributed by atoms with Gasteiger partial charge in [-0.15, -0.1) is 0 Å². The Labute approximate surface area is 71.3 Å². The van der Waals surface area contributed by atoms with Crippen LogP contribution < -0.4 is 5.32 Å². The first-order valence-electron chi connectivity index (χ1n) is 3.94. The van der Waals surface area contributed by atoms with Gasteiger partial charge in [0.15, 0.2) is 0 Å². The summed E-state index contributed by atoms with van der Waals surface area (Å²) in [5.41, 5.74) is 1.14. The summed E-state index contributed by atoms with van der Waals surface area (Å²) in [7, 11) is 0. The van der Waals surface area contributed by atoms with Gasteiger partial charge in [-0.25, -0.2) is 0 Å². The van der Waals surface area contributed by atoms with E-state index in [2.05, 4.69) is 17.2 Å². The average Bonchev–Trinajstić information content (AvgIpc) is 2.07. The lowest BCUT2D eigenvalue weighted by Gasteiger charge is -2.27. The molecule has 0 aromatic heterocycles. The van der Waals surface area contributed by atoms with Crippen molar-refractivity contribution < 1.29 is 4.79 Å². The highest BCUT2D eigenvalue weighted by molar-refractivity contribution is 5.89. The summed E-state index contributed by atoms with van der Waals surface area (Å²) >= 11 is 0. The molecule has 0 fully saturated rings. The van der Waals surface area contributed by atoms with Gasteiger partial charge >= 0.3 is 0 Å². The van der Waals surface area contributed by atoms with Crippen LogP contribution in [0.15, 0.2) is 23.8 Å². The van der Waals surface area contributed by atoms with Crippen molar-refractivity contribution in [1.82, 2.24) is 5.32 Å². The van der Waals surface area contributed by atoms with E-state index in [0.29, 0.717) is 0 Å². The molecule has 2 atom stereocenters. The normalized spacial score (nSPS) is 31.1. The van der Waals surface area contributed by atoms with Gasteiger partial charge in [-0.05, 0) is 18.6 Å². The van der Waals surface area contributed by atoms with E-state index >= 15 is 0 Å². The van der Waals surface area contributed by atoms with Gasteiger partial charge in [-0.2, -0.15) is 0 Å². The predicted molar refractivity (Wildman–Crippen MR) is 46.1 cm³/mol. The molecule has 1 heterocycles. The van der Waals surface area contributed by atoms with Gasteiger partial charge in [0.2, 0.25) is 5.91 Å². The zero-order chi connectivity index (χ0) is 8.55. The minimum absolute atomic E-state index is 0.0206. The number of allylic oxidation sites excluding steroid dienone is 1. The fourth-order valence-corrected chi connectivity index (χ4v) is 1.46. The molecule has 1 aliphatic heterocycles. The fraction of sp³-hybridized carbons (Fsp3) is 0.300. The van der Waals surface area contributed by atoms with Gasteiger partial charge < -0.3 is 5.32 Å². The number of carbonyl (C=O) groups is 1. The highest BCUT2D eigenvalue weighted by Crippen LogP contribution is 2.19. The number of amides is 1. The SMILES string of the molecule is CC1=CC#CC2C=CC(=O)NC12. The predicted octanol–water partition coefficient (Wildman–Crippen LogP) is 0.621. The molecule has 2 unspecified atom stereocenters. The Morgan fingerprint density at radius 1 is 1.58 bits per heavy atom. The maximum atomic E-state index is 11.0. The maximum absolute atomic E-state index is 11.0. The number of rotatable bonds is 0. The molecule has 0 aromatic rings. The molecule has 2 rings (SSSR count). The van der Waals surface area contributed by atoms with Crippen LogP contribution in [0, 0.1) is 17.8 Å². The second-order valence-electron chi connectivity index (χ2n) is 3.05. The van der Waals surface area contributed by atoms with Crippen molar-refractivity contribution in [2.75, 3.05) is 0 Å². The Morgan fingerprint density at radius 3 is 3.25 bits per heavy atom. The zero-order valence-corrected chi connectivity index (χ0v) is 6.79. The van der Waals surface area contributed by atoms with Gasteiger partial charge in [0.05, 0.1) is 12.0 Å². The van der Waals surface area contributed by atoms with Crippen LogP contribution in [-0.2, 0) is 4.79 Å². The molecule has 1 aliphatic carbocycles. The Bertz CT molecular complexity index is 341. The minimum atomic E-state index is -0.0206. The van der Waals surface area contributed by atoms with Crippen LogP contribution in [-0.4, -0.2) is 11.9 Å². The highest BCUT2D eigenvalue weighted by Gasteiger charge is 2.25. The molecule has 1 amide bonds. The first-order chi connectivity index (χ1) is 5.77. The molecule has 2 aliphatic rings. The summed E-state index contributed by atoms with van der Waals surface area (Å²) in [6.07, 6.45) is 5.28. The van der Waals surface area contributed by atoms with E-state index in [0.717, 1.165) is 5.57 Å². The van der Waals surface area contributed by atoms with Crippen molar-refractivity contribution in [1.29, 1.82) is 0 Å². The van der Waals surface area contributed by atoms with E-state index in [1.807, 2.05) is 19.1 Å². The Balaban J connectivity index is 2.35. The van der Waals surface area contributed by atoms with Crippen LogP contribution in [0.5, 0.6) is 0 Å². The molecule has 0 spiro atoms. The molecule has 0 aromatic carbocycles. The smallest absolute Gasteiger partial charge is 0.244 e. The van der Waals surface area contributed by atoms with Gasteiger partial charge in [0, 0.05) is 6.08 Å². The summed E-state index contributed by atoms with van der Waals surface area (Å²) in [5, 5.41) is 2.87. The average molecular weight is 159 g/mol. The van der Waals surface area contributed by atoms with Crippen LogP contribution in [0.3, 0.4) is 0 Å². The maximum Gasteiger partial charge on any atom is 0.244 e. The lowest BCUT2D eigenvalue weighted by Crippen LogP contribution is -2.43. The molecule has 12 heavy (non-hydrogen) atoms. The van der Waals surface area contributed by atoms with Crippen LogP contribution >= 0.6 is 0 Å². The molecule has 1 N–H and O–H groups in total. The van der Waals surface area contributed by atoms with Crippen molar-refractivity contribution in [3.8, 4) is 11.8 Å². The van der Waals surface area contributed by atoms with Gasteiger partial charge in [0.1, 0.15) is 0 Å². The van der Waals surface area contributed by atoms with Crippen LogP contribution in [0.4, 0.5) is 0 Å². The van der Waals surface area contributed by atoms with Crippen molar-refractivity contribution in [2.24, 2.45) is 5.92 Å². The van der Waals surface area contributed by atoms with Gasteiger partial charge in [-0.1, -0.05) is 17.9 Å². The monoisotopic (exact) mass is 159 g/mol. The summed E-state index contributed by atoms with van der Waals surface area (Å²) < 4.78 is 0. The molecular weight excluding hydrogens is 150 g/mol. The van der Waals surface area contributed by atoms with E-state index in [-0.39, 0.29) is 17.9 Å². The number of hydrogen-bond donors (Lipinski definition) is 1. The number of nitrogens with one attached hydrogen (secondary N) is 1. The lowest BCUT2D eigenvalue weighted by atomic mass is 9.88. The summed E-state index contributed by atoms with van der Waals surface area (Å²) in [5.74, 6) is 6.13. The molecule has 0 radical (unpaired) electrons. The first-order valence-corrected chi connectivity index (χ1v) is 3.94. The van der Waals surface area contributed by atoms with E-state index in [4.69, 9.17) is 0 Å². The standard InChI is InChI=1S/C10H9NO/c1-7-3-2-4-8-5-6-9(12)11-10(7)8/h3,5-6,8,10H,1H3,(H,11,12). The molecule has 2 heteroatoms. The molecule has 0 bridgehead atoms. The van der Waals surface area contributed by atoms with Crippen LogP contribution in [0.25, 0.3) is 0 Å². The molecule has 2 nitrogen and oxygen atoms in total. The highest BCUT2D eigenvalue weighted by atomic mass is 16.1. The lowest BCUT2D eigenvalue weighted by molar-refractivity contribution is -0.117. The van der Waals surface area contributed by atoms with Gasteiger partial charge in [-0.3, -0.25) is 4.79 Å². The molecule has 0 saturated carbocycles. The first kappa shape index (κ1) is 7.17. The number of hydrogen-bond acceptors (Lipinski definition) is 1. The summed E-state index contributed by atoms with van der Waals surface area (Å²) in [6, 6.07) is 0.101. The van der Waals surface area contributed by atoms with E-state index in [9.17, 15) is 4.79 Å². The summed E-state index contributed by atoms with van der Waals surface area (Å²) in [6.45, 7) is 1.99. The molecular formula is C10H9NO. The van der Waals surface area contributed by atoms with Crippen molar-refractivity contribution >= 4 is 5.91 Å². The number of carbonyl (C=O) groups excluding carboxylic acids is 1. The second kappa shape index (κ2) is 2.53. The largest absolute Gasteiger partial charge is 0.344 e. The summed E-state index contributed by atoms with van der Waals surface area (Å²) in [4.78, 5) is 11.0. The Hall–Kier alpha value is -1.49. The molecule has 60 valence electrons. The Morgan fingerprint density at radius 2 is 2.42 bits per heavy atom. The number of fused-ring (bicyclic) bond motifs is 1. The van der Waals surface area contributed by atoms with E-state index < -0.39 is 0 Å². The third kappa shape index (κ3) is 1.04. The minimum Gasteiger partial charge on any atom is -0.344 e. The zero-order valence-electron chi connectivity index (χ0n) is 6.79. The van der Waals surface area contributed by atoms with Gasteiger partial charge in [0.25, 0.3) is 0 Å². The third-order valence-electron chi connectivity index (χ3n) is 2.15. The topological polar surface area (TPSA) is 29.1 Å². The van der Waals surface area contributed by atoms with E-state index in [1.54, 1.807) is 6.08 Å². The fourth-order valence-electron chi connectivity index (χ4n) is 1.46.